The quantitative estimate of drug-likeness (QED) is 0.179. The first-order chi connectivity index (χ1) is 24.8. The molecule has 0 N–H and O–H groups in total. The predicted molar refractivity (Wildman–Crippen MR) is 208 cm³/mol. The lowest BCUT2D eigenvalue weighted by Gasteiger charge is -2.29. The zero-order valence-corrected chi connectivity index (χ0v) is 27.4. The second-order valence-corrected chi connectivity index (χ2v) is 12.5. The molecule has 0 aliphatic carbocycles. The number of para-hydroxylation sites is 1. The topological polar surface area (TPSA) is 12.5 Å². The first kappa shape index (κ1) is 29.5. The minimum atomic E-state index is 0.836. The molecular weight excluding hydrogens is 607 g/mol. The molecule has 0 fully saturated rings. The van der Waals surface area contributed by atoms with Crippen molar-refractivity contribution in [3.8, 4) is 67.1 Å². The van der Waals surface area contributed by atoms with Gasteiger partial charge in [0.25, 0.3) is 0 Å². The minimum absolute atomic E-state index is 0.836. The zero-order chi connectivity index (χ0) is 33.3. The predicted octanol–water partition coefficient (Wildman–Crippen LogP) is 13.6. The van der Waals surface area contributed by atoms with Gasteiger partial charge in [-0.05, 0) is 87.5 Å². The maximum absolute atomic E-state index is 6.76. The van der Waals surface area contributed by atoms with Crippen LogP contribution in [0.3, 0.4) is 0 Å². The molecule has 8 aromatic rings. The van der Waals surface area contributed by atoms with E-state index >= 15 is 0 Å². The van der Waals surface area contributed by atoms with Gasteiger partial charge >= 0.3 is 0 Å². The molecule has 9 rings (SSSR count). The summed E-state index contributed by atoms with van der Waals surface area (Å²) in [6.07, 6.45) is 0. The number of nitrogens with zero attached hydrogens (tertiary/aromatic N) is 1. The first-order valence-electron chi connectivity index (χ1n) is 17.0. The molecule has 2 heteroatoms. The molecule has 0 unspecified atom stereocenters. The van der Waals surface area contributed by atoms with Gasteiger partial charge in [0.15, 0.2) is 0 Å². The third kappa shape index (κ3) is 5.43. The highest BCUT2D eigenvalue weighted by Crippen LogP contribution is 2.50. The summed E-state index contributed by atoms with van der Waals surface area (Å²) in [7, 11) is 0. The van der Waals surface area contributed by atoms with E-state index in [1.54, 1.807) is 0 Å². The van der Waals surface area contributed by atoms with Gasteiger partial charge in [0.05, 0.1) is 5.69 Å². The Kier molecular flexibility index (Phi) is 7.53. The maximum Gasteiger partial charge on any atom is 0.135 e. The minimum Gasteiger partial charge on any atom is -0.456 e. The van der Waals surface area contributed by atoms with Crippen molar-refractivity contribution in [3.05, 3.63) is 200 Å². The molecule has 8 aromatic carbocycles. The summed E-state index contributed by atoms with van der Waals surface area (Å²) in [5, 5.41) is 0. The molecule has 0 atom stereocenters. The van der Waals surface area contributed by atoms with Crippen LogP contribution >= 0.6 is 0 Å². The lowest BCUT2D eigenvalue weighted by atomic mass is 9.92. The number of hydrogen-bond acceptors (Lipinski definition) is 2. The summed E-state index contributed by atoms with van der Waals surface area (Å²) < 4.78 is 6.76. The molecule has 0 bridgehead atoms. The highest BCUT2D eigenvalue weighted by molar-refractivity contribution is 5.95. The van der Waals surface area contributed by atoms with E-state index in [4.69, 9.17) is 4.74 Å². The van der Waals surface area contributed by atoms with E-state index in [0.29, 0.717) is 0 Å². The normalized spacial score (nSPS) is 11.4. The summed E-state index contributed by atoms with van der Waals surface area (Å²) in [5.74, 6) is 1.69. The summed E-state index contributed by atoms with van der Waals surface area (Å²) in [6, 6.07) is 71.0. The Bertz CT molecular complexity index is 2430. The number of hydrogen-bond donors (Lipinski definition) is 0. The van der Waals surface area contributed by atoms with Crippen molar-refractivity contribution < 1.29 is 4.74 Å². The number of benzene rings is 8. The van der Waals surface area contributed by atoms with Crippen molar-refractivity contribution in [1.82, 2.24) is 0 Å². The molecule has 1 aliphatic rings. The lowest BCUT2D eigenvalue weighted by Crippen LogP contribution is -2.11. The van der Waals surface area contributed by atoms with Crippen molar-refractivity contribution in [1.29, 1.82) is 0 Å². The average molecular weight is 640 g/mol. The van der Waals surface area contributed by atoms with Crippen LogP contribution in [0, 0.1) is 0 Å². The third-order valence-electron chi connectivity index (χ3n) is 9.50. The number of fused-ring (bicyclic) bond motifs is 5. The van der Waals surface area contributed by atoms with Gasteiger partial charge in [-0.2, -0.15) is 0 Å². The first-order valence-corrected chi connectivity index (χ1v) is 17.0. The van der Waals surface area contributed by atoms with Gasteiger partial charge in [-0.3, -0.25) is 0 Å². The van der Waals surface area contributed by atoms with E-state index in [9.17, 15) is 0 Å². The Morgan fingerprint density at radius 1 is 0.280 bits per heavy atom. The molecule has 236 valence electrons. The SMILES string of the molecule is c1ccc(-c2ccc(N(c3ccc4c(c3)-c3ccccc3-c3cc(-c5ccccc5)ccc3O4)c3ccccc3-c3ccccc3)cc2)cc1. The Morgan fingerprint density at radius 2 is 0.720 bits per heavy atom. The van der Waals surface area contributed by atoms with Gasteiger partial charge in [0.2, 0.25) is 0 Å². The average Bonchev–Trinajstić information content (AvgIpc) is 3.33. The van der Waals surface area contributed by atoms with E-state index in [-0.39, 0.29) is 0 Å². The van der Waals surface area contributed by atoms with Crippen LogP contribution in [-0.4, -0.2) is 0 Å². The second kappa shape index (κ2) is 12.8. The standard InChI is InChI=1S/C48H33NO/c1-4-14-34(15-5-1)36-24-27-39(28-25-36)49(46-23-13-12-20-41(46)37-18-8-3-9-19-37)40-29-31-48-45(33-40)43-22-11-10-21-42(43)44-32-38(26-30-47(44)50-48)35-16-6-2-7-17-35/h1-33H. The van der Waals surface area contributed by atoms with Crippen molar-refractivity contribution in [2.75, 3.05) is 4.90 Å². The van der Waals surface area contributed by atoms with Crippen LogP contribution in [0.5, 0.6) is 11.5 Å². The third-order valence-corrected chi connectivity index (χ3v) is 9.50. The highest BCUT2D eigenvalue weighted by atomic mass is 16.5. The van der Waals surface area contributed by atoms with Crippen LogP contribution in [-0.2, 0) is 0 Å². The molecule has 0 spiro atoms. The number of rotatable bonds is 6. The lowest BCUT2D eigenvalue weighted by molar-refractivity contribution is 0.488. The van der Waals surface area contributed by atoms with Crippen LogP contribution in [0.25, 0.3) is 55.6 Å². The van der Waals surface area contributed by atoms with Crippen molar-refractivity contribution in [2.45, 2.75) is 0 Å². The largest absolute Gasteiger partial charge is 0.456 e. The second-order valence-electron chi connectivity index (χ2n) is 12.5. The molecule has 0 saturated carbocycles. The van der Waals surface area contributed by atoms with E-state index in [1.165, 1.54) is 22.3 Å². The fourth-order valence-corrected chi connectivity index (χ4v) is 7.06. The van der Waals surface area contributed by atoms with Gasteiger partial charge in [0.1, 0.15) is 11.5 Å². The highest BCUT2D eigenvalue weighted by Gasteiger charge is 2.24. The molecule has 1 heterocycles. The molecular formula is C48H33NO. The van der Waals surface area contributed by atoms with E-state index in [0.717, 1.165) is 61.9 Å². The summed E-state index contributed by atoms with van der Waals surface area (Å²) in [6.45, 7) is 0. The van der Waals surface area contributed by atoms with Crippen molar-refractivity contribution in [2.24, 2.45) is 0 Å². The van der Waals surface area contributed by atoms with Crippen molar-refractivity contribution in [3.63, 3.8) is 0 Å². The Hall–Kier alpha value is -6.64. The number of anilines is 3. The Labute approximate surface area is 293 Å². The van der Waals surface area contributed by atoms with Crippen LogP contribution in [0.2, 0.25) is 0 Å². The maximum atomic E-state index is 6.76. The van der Waals surface area contributed by atoms with Gasteiger partial charge in [-0.15, -0.1) is 0 Å². The number of ether oxygens (including phenoxy) is 1. The van der Waals surface area contributed by atoms with Crippen molar-refractivity contribution >= 4 is 17.1 Å². The zero-order valence-electron chi connectivity index (χ0n) is 27.4. The fraction of sp³-hybridized carbons (Fsp3) is 0. The molecule has 1 aliphatic heterocycles. The van der Waals surface area contributed by atoms with Crippen LogP contribution in [0.15, 0.2) is 200 Å². The molecule has 0 radical (unpaired) electrons. The Balaban J connectivity index is 1.21. The van der Waals surface area contributed by atoms with E-state index < -0.39 is 0 Å². The summed E-state index contributed by atoms with van der Waals surface area (Å²) >= 11 is 0. The molecule has 50 heavy (non-hydrogen) atoms. The molecule has 0 saturated heterocycles. The van der Waals surface area contributed by atoms with Crippen LogP contribution in [0.1, 0.15) is 0 Å². The van der Waals surface area contributed by atoms with Gasteiger partial charge < -0.3 is 9.64 Å². The smallest absolute Gasteiger partial charge is 0.135 e. The van der Waals surface area contributed by atoms with Gasteiger partial charge in [0, 0.05) is 28.1 Å². The van der Waals surface area contributed by atoms with Gasteiger partial charge in [-0.25, -0.2) is 0 Å². The molecule has 0 aromatic heterocycles. The molecule has 0 amide bonds. The van der Waals surface area contributed by atoms with E-state index in [2.05, 4.69) is 205 Å². The summed E-state index contributed by atoms with van der Waals surface area (Å²) in [4.78, 5) is 2.37. The fourth-order valence-electron chi connectivity index (χ4n) is 7.06. The Morgan fingerprint density at radius 3 is 1.36 bits per heavy atom. The van der Waals surface area contributed by atoms with Gasteiger partial charge in [-0.1, -0.05) is 152 Å². The van der Waals surface area contributed by atoms with Crippen LogP contribution in [0.4, 0.5) is 17.1 Å². The molecule has 2 nitrogen and oxygen atoms in total. The van der Waals surface area contributed by atoms with Crippen LogP contribution < -0.4 is 9.64 Å². The van der Waals surface area contributed by atoms with E-state index in [1.807, 2.05) is 0 Å². The summed E-state index contributed by atoms with van der Waals surface area (Å²) in [5.41, 5.74) is 14.7. The monoisotopic (exact) mass is 639 g/mol.